The summed E-state index contributed by atoms with van der Waals surface area (Å²) in [5.41, 5.74) is 1.28. The van der Waals surface area contributed by atoms with Crippen LogP contribution in [0.15, 0.2) is 51.9 Å². The molecule has 4 rings (SSSR count). The van der Waals surface area contributed by atoms with Crippen molar-refractivity contribution in [2.75, 3.05) is 13.1 Å². The van der Waals surface area contributed by atoms with Gasteiger partial charge in [0.25, 0.3) is 0 Å². The van der Waals surface area contributed by atoms with Crippen LogP contribution in [0.2, 0.25) is 5.02 Å². The van der Waals surface area contributed by atoms with Crippen LogP contribution in [0, 0.1) is 12.7 Å². The minimum atomic E-state index is -3.69. The Morgan fingerprint density at radius 1 is 1.21 bits per heavy atom. The lowest BCUT2D eigenvalue weighted by Gasteiger charge is -2.30. The van der Waals surface area contributed by atoms with Gasteiger partial charge in [-0.15, -0.1) is 0 Å². The summed E-state index contributed by atoms with van der Waals surface area (Å²) in [4.78, 5) is 4.62. The lowest BCUT2D eigenvalue weighted by Crippen LogP contribution is -2.39. The van der Waals surface area contributed by atoms with Crippen molar-refractivity contribution in [3.8, 4) is 11.4 Å². The first-order chi connectivity index (χ1) is 13.8. The molecule has 0 bridgehead atoms. The molecule has 0 amide bonds. The van der Waals surface area contributed by atoms with Crippen molar-refractivity contribution in [2.24, 2.45) is 0 Å². The average Bonchev–Trinajstić information content (AvgIpc) is 3.20. The maximum atomic E-state index is 13.2. The molecule has 2 aromatic carbocycles. The van der Waals surface area contributed by atoms with Crippen molar-refractivity contribution in [1.82, 2.24) is 14.4 Å². The Hall–Kier alpha value is -2.29. The van der Waals surface area contributed by atoms with Gasteiger partial charge in [-0.05, 0) is 61.7 Å². The van der Waals surface area contributed by atoms with Crippen LogP contribution < -0.4 is 0 Å². The van der Waals surface area contributed by atoms with E-state index in [1.165, 1.54) is 22.5 Å². The SMILES string of the molecule is Cc1ccc(Cl)cc1S(=O)(=O)N1CCC[C@H](c2nc(-c3ccc(F)cc3)no2)C1. The highest BCUT2D eigenvalue weighted by atomic mass is 35.5. The topological polar surface area (TPSA) is 76.3 Å². The number of sulfonamides is 1. The van der Waals surface area contributed by atoms with Gasteiger partial charge >= 0.3 is 0 Å². The molecule has 1 aliphatic heterocycles. The van der Waals surface area contributed by atoms with E-state index in [4.69, 9.17) is 16.1 Å². The second-order valence-corrected chi connectivity index (χ2v) is 9.42. The third-order valence-electron chi connectivity index (χ3n) is 5.05. The van der Waals surface area contributed by atoms with Gasteiger partial charge in [-0.3, -0.25) is 0 Å². The van der Waals surface area contributed by atoms with Gasteiger partial charge in [0.2, 0.25) is 21.7 Å². The molecule has 3 aromatic rings. The zero-order valence-electron chi connectivity index (χ0n) is 15.7. The number of aryl methyl sites for hydroxylation is 1. The molecule has 9 heteroatoms. The van der Waals surface area contributed by atoms with E-state index >= 15 is 0 Å². The van der Waals surface area contributed by atoms with E-state index in [-0.39, 0.29) is 23.2 Å². The van der Waals surface area contributed by atoms with E-state index in [1.54, 1.807) is 31.2 Å². The van der Waals surface area contributed by atoms with Crippen molar-refractivity contribution in [3.63, 3.8) is 0 Å². The van der Waals surface area contributed by atoms with E-state index in [1.807, 2.05) is 0 Å². The van der Waals surface area contributed by atoms with E-state index in [0.29, 0.717) is 40.8 Å². The summed E-state index contributed by atoms with van der Waals surface area (Å²) in [5.74, 6) is 0.180. The van der Waals surface area contributed by atoms with Gasteiger partial charge in [0.15, 0.2) is 0 Å². The maximum absolute atomic E-state index is 13.2. The number of hydrogen-bond acceptors (Lipinski definition) is 5. The second-order valence-electron chi connectivity index (χ2n) is 7.08. The number of halogens is 2. The smallest absolute Gasteiger partial charge is 0.243 e. The first-order valence-corrected chi connectivity index (χ1v) is 11.0. The molecule has 29 heavy (non-hydrogen) atoms. The van der Waals surface area contributed by atoms with Crippen LogP contribution >= 0.6 is 11.6 Å². The highest BCUT2D eigenvalue weighted by molar-refractivity contribution is 7.89. The van der Waals surface area contributed by atoms with Crippen molar-refractivity contribution < 1.29 is 17.3 Å². The van der Waals surface area contributed by atoms with Crippen LogP contribution in [-0.2, 0) is 10.0 Å². The van der Waals surface area contributed by atoms with Gasteiger partial charge in [-0.1, -0.05) is 22.8 Å². The minimum Gasteiger partial charge on any atom is -0.339 e. The molecule has 1 saturated heterocycles. The number of nitrogens with zero attached hydrogens (tertiary/aromatic N) is 3. The molecular formula is C20H19ClFN3O3S. The fourth-order valence-corrected chi connectivity index (χ4v) is 5.48. The molecule has 1 aromatic heterocycles. The van der Waals surface area contributed by atoms with Crippen molar-refractivity contribution in [3.05, 3.63) is 64.8 Å². The number of benzene rings is 2. The van der Waals surface area contributed by atoms with Crippen molar-refractivity contribution >= 4 is 21.6 Å². The van der Waals surface area contributed by atoms with Gasteiger partial charge in [0.1, 0.15) is 5.82 Å². The quantitative estimate of drug-likeness (QED) is 0.606. The van der Waals surface area contributed by atoms with E-state index in [0.717, 1.165) is 6.42 Å². The van der Waals surface area contributed by atoms with E-state index < -0.39 is 10.0 Å². The van der Waals surface area contributed by atoms with Crippen LogP contribution in [-0.4, -0.2) is 36.0 Å². The molecule has 0 saturated carbocycles. The van der Waals surface area contributed by atoms with Gasteiger partial charge in [-0.25, -0.2) is 12.8 Å². The van der Waals surface area contributed by atoms with E-state index in [2.05, 4.69) is 10.1 Å². The van der Waals surface area contributed by atoms with Crippen molar-refractivity contribution in [2.45, 2.75) is 30.6 Å². The normalized spacial score (nSPS) is 18.1. The molecule has 152 valence electrons. The Balaban J connectivity index is 1.57. The monoisotopic (exact) mass is 435 g/mol. The molecule has 0 spiro atoms. The Labute approximate surface area is 173 Å². The largest absolute Gasteiger partial charge is 0.339 e. The standard InChI is InChI=1S/C20H19ClFN3O3S/c1-13-4-7-16(21)11-18(13)29(26,27)25-10-2-3-15(12-25)20-23-19(24-28-20)14-5-8-17(22)9-6-14/h4-9,11,15H,2-3,10,12H2,1H3/t15-/m0/s1. The van der Waals surface area contributed by atoms with Gasteiger partial charge in [0, 0.05) is 23.7 Å². The van der Waals surface area contributed by atoms with Gasteiger partial charge in [0.05, 0.1) is 10.8 Å². The van der Waals surface area contributed by atoms with Crippen LogP contribution in [0.1, 0.15) is 30.2 Å². The summed E-state index contributed by atoms with van der Waals surface area (Å²) in [5, 5.41) is 4.35. The fourth-order valence-electron chi connectivity index (χ4n) is 3.47. The lowest BCUT2D eigenvalue weighted by atomic mass is 10.00. The first-order valence-electron chi connectivity index (χ1n) is 9.20. The van der Waals surface area contributed by atoms with E-state index in [9.17, 15) is 12.8 Å². The molecule has 6 nitrogen and oxygen atoms in total. The highest BCUT2D eigenvalue weighted by Gasteiger charge is 2.34. The molecule has 1 fully saturated rings. The molecule has 0 unspecified atom stereocenters. The summed E-state index contributed by atoms with van der Waals surface area (Å²) >= 11 is 6.02. The predicted octanol–water partition coefficient (Wildman–Crippen LogP) is 4.41. The highest BCUT2D eigenvalue weighted by Crippen LogP contribution is 2.32. The molecule has 1 aliphatic rings. The molecule has 2 heterocycles. The number of aromatic nitrogens is 2. The summed E-state index contributed by atoms with van der Waals surface area (Å²) in [6.45, 7) is 2.42. The zero-order valence-corrected chi connectivity index (χ0v) is 17.3. The van der Waals surface area contributed by atoms with Crippen LogP contribution in [0.3, 0.4) is 0 Å². The van der Waals surface area contributed by atoms with Gasteiger partial charge in [-0.2, -0.15) is 9.29 Å². The Bertz CT molecular complexity index is 1130. The molecule has 0 N–H and O–H groups in total. The Morgan fingerprint density at radius 2 is 1.97 bits per heavy atom. The lowest BCUT2D eigenvalue weighted by molar-refractivity contribution is 0.265. The minimum absolute atomic E-state index is 0.209. The summed E-state index contributed by atoms with van der Waals surface area (Å²) < 4.78 is 46.3. The van der Waals surface area contributed by atoms with Crippen molar-refractivity contribution in [1.29, 1.82) is 0 Å². The second kappa shape index (κ2) is 7.85. The summed E-state index contributed by atoms with van der Waals surface area (Å²) in [6.07, 6.45) is 1.42. The van der Waals surface area contributed by atoms with Crippen LogP contribution in [0.5, 0.6) is 0 Å². The molecule has 1 atom stereocenters. The van der Waals surface area contributed by atoms with Crippen LogP contribution in [0.4, 0.5) is 4.39 Å². The Kier molecular flexibility index (Phi) is 5.42. The molecule has 0 aliphatic carbocycles. The zero-order chi connectivity index (χ0) is 20.6. The average molecular weight is 436 g/mol. The third-order valence-corrected chi connectivity index (χ3v) is 7.29. The van der Waals surface area contributed by atoms with Crippen LogP contribution in [0.25, 0.3) is 11.4 Å². The summed E-state index contributed by atoms with van der Waals surface area (Å²) in [7, 11) is -3.69. The van der Waals surface area contributed by atoms with Gasteiger partial charge < -0.3 is 4.52 Å². The maximum Gasteiger partial charge on any atom is 0.243 e. The predicted molar refractivity (Wildman–Crippen MR) is 107 cm³/mol. The number of hydrogen-bond donors (Lipinski definition) is 0. The third kappa shape index (κ3) is 4.05. The Morgan fingerprint density at radius 3 is 2.72 bits per heavy atom. The fraction of sp³-hybridized carbons (Fsp3) is 0.300. The molecule has 0 radical (unpaired) electrons. The number of piperidine rings is 1. The molecular weight excluding hydrogens is 417 g/mol. The first kappa shape index (κ1) is 20.0. The number of rotatable bonds is 4. The summed E-state index contributed by atoms with van der Waals surface area (Å²) in [6, 6.07) is 10.7.